The molecule has 0 unspecified atom stereocenters. The van der Waals surface area contributed by atoms with E-state index in [1.807, 2.05) is 30.5 Å². The smallest absolute Gasteiger partial charge is 0.328 e. The van der Waals surface area contributed by atoms with Gasteiger partial charge < -0.3 is 19.4 Å². The molecule has 1 aliphatic heterocycles. The van der Waals surface area contributed by atoms with Crippen LogP contribution in [0, 0.1) is 0 Å². The average molecular weight is 391 g/mol. The largest absolute Gasteiger partial charge is 0.467 e. The second-order valence-electron chi connectivity index (χ2n) is 6.59. The van der Waals surface area contributed by atoms with Crippen LogP contribution in [0.5, 0.6) is 0 Å². The third-order valence-corrected chi connectivity index (χ3v) is 5.48. The van der Waals surface area contributed by atoms with Gasteiger partial charge in [-0.3, -0.25) is 0 Å². The first-order valence-corrected chi connectivity index (χ1v) is 10.5. The summed E-state index contributed by atoms with van der Waals surface area (Å²) in [5.74, 6) is 1.32. The second-order valence-corrected chi connectivity index (χ2v) is 7.57. The summed E-state index contributed by atoms with van der Waals surface area (Å²) in [6.45, 7) is 1.21. The van der Waals surface area contributed by atoms with Crippen molar-refractivity contribution in [1.82, 2.24) is 15.2 Å². The summed E-state index contributed by atoms with van der Waals surface area (Å²) in [4.78, 5) is 30.7. The lowest BCUT2D eigenvalue weighted by Gasteiger charge is -2.31. The topological polar surface area (TPSA) is 84.7 Å². The van der Waals surface area contributed by atoms with E-state index in [1.54, 1.807) is 16.7 Å². The molecule has 1 fully saturated rings. The number of nitrogens with one attached hydrogen (secondary N) is 1. The van der Waals surface area contributed by atoms with Crippen LogP contribution < -0.4 is 5.32 Å². The molecule has 0 radical (unpaired) electrons. The maximum absolute atomic E-state index is 12.5. The highest BCUT2D eigenvalue weighted by Gasteiger charge is 2.29. The summed E-state index contributed by atoms with van der Waals surface area (Å²) in [5, 5.41) is 2.81. The van der Waals surface area contributed by atoms with Gasteiger partial charge in [0, 0.05) is 19.0 Å². The molecule has 1 aromatic carbocycles. The van der Waals surface area contributed by atoms with Crippen molar-refractivity contribution in [3.05, 3.63) is 30.2 Å². The number of fused-ring (bicyclic) bond motifs is 1. The summed E-state index contributed by atoms with van der Waals surface area (Å²) in [6, 6.07) is 6.89. The molecule has 27 heavy (non-hydrogen) atoms. The number of urea groups is 1. The van der Waals surface area contributed by atoms with E-state index >= 15 is 0 Å². The summed E-state index contributed by atoms with van der Waals surface area (Å²) in [7, 11) is 1.34. The van der Waals surface area contributed by atoms with Crippen molar-refractivity contribution in [2.45, 2.75) is 31.2 Å². The van der Waals surface area contributed by atoms with Crippen molar-refractivity contribution >= 4 is 34.9 Å². The first kappa shape index (κ1) is 19.5. The SMILES string of the molecule is COC(=O)[C@H](CCSC)NC(=O)N1CCC(c2nc3ccccc3o2)CC1. The number of carbonyl (C=O) groups excluding carboxylic acids is 2. The van der Waals surface area contributed by atoms with Gasteiger partial charge in [-0.25, -0.2) is 14.6 Å². The van der Waals surface area contributed by atoms with Gasteiger partial charge in [0.15, 0.2) is 11.5 Å². The van der Waals surface area contributed by atoms with Crippen molar-refractivity contribution in [3.63, 3.8) is 0 Å². The number of ether oxygens (including phenoxy) is 1. The molecule has 1 saturated heterocycles. The minimum Gasteiger partial charge on any atom is -0.467 e. The highest BCUT2D eigenvalue weighted by molar-refractivity contribution is 7.98. The zero-order valence-corrected chi connectivity index (χ0v) is 16.5. The third-order valence-electron chi connectivity index (χ3n) is 4.84. The summed E-state index contributed by atoms with van der Waals surface area (Å²) in [5.41, 5.74) is 1.66. The van der Waals surface area contributed by atoms with Crippen molar-refractivity contribution in [2.75, 3.05) is 32.2 Å². The summed E-state index contributed by atoms with van der Waals surface area (Å²) >= 11 is 1.63. The lowest BCUT2D eigenvalue weighted by atomic mass is 9.97. The minimum absolute atomic E-state index is 0.203. The molecule has 0 saturated carbocycles. The Balaban J connectivity index is 1.55. The average Bonchev–Trinajstić information content (AvgIpc) is 3.14. The monoisotopic (exact) mass is 391 g/mol. The first-order valence-electron chi connectivity index (χ1n) is 9.10. The Morgan fingerprint density at radius 3 is 2.78 bits per heavy atom. The third kappa shape index (κ3) is 4.74. The number of thioether (sulfide) groups is 1. The zero-order chi connectivity index (χ0) is 19.2. The molecule has 3 rings (SSSR count). The van der Waals surface area contributed by atoms with Crippen LogP contribution in [0.4, 0.5) is 4.79 Å². The molecule has 0 aliphatic carbocycles. The van der Waals surface area contributed by atoms with Crippen LogP contribution in [0.2, 0.25) is 0 Å². The predicted molar refractivity (Wildman–Crippen MR) is 105 cm³/mol. The Morgan fingerprint density at radius 1 is 1.37 bits per heavy atom. The van der Waals surface area contributed by atoms with Gasteiger partial charge >= 0.3 is 12.0 Å². The molecule has 2 aromatic rings. The van der Waals surface area contributed by atoms with Crippen LogP contribution in [-0.2, 0) is 9.53 Å². The molecule has 1 atom stereocenters. The van der Waals surface area contributed by atoms with Crippen LogP contribution in [0.15, 0.2) is 28.7 Å². The molecule has 1 N–H and O–H groups in total. The molecule has 8 heteroatoms. The fourth-order valence-electron chi connectivity index (χ4n) is 3.26. The Kier molecular flexibility index (Phi) is 6.60. The molecule has 1 aromatic heterocycles. The van der Waals surface area contributed by atoms with Gasteiger partial charge in [0.25, 0.3) is 0 Å². The number of esters is 1. The van der Waals surface area contributed by atoms with Gasteiger partial charge in [0.05, 0.1) is 7.11 Å². The number of oxazole rings is 1. The van der Waals surface area contributed by atoms with Gasteiger partial charge in [-0.05, 0) is 43.4 Å². The molecule has 2 heterocycles. The van der Waals surface area contributed by atoms with Crippen LogP contribution >= 0.6 is 11.8 Å². The molecular weight excluding hydrogens is 366 g/mol. The number of methoxy groups -OCH3 is 1. The zero-order valence-electron chi connectivity index (χ0n) is 15.6. The highest BCUT2D eigenvalue weighted by atomic mass is 32.2. The summed E-state index contributed by atoms with van der Waals surface area (Å²) in [6.07, 6.45) is 4.09. The van der Waals surface area contributed by atoms with Crippen LogP contribution in [0.1, 0.15) is 31.1 Å². The quantitative estimate of drug-likeness (QED) is 0.762. The standard InChI is InChI=1S/C19H25N3O4S/c1-25-18(23)15(9-12-27-2)21-19(24)22-10-7-13(8-11-22)17-20-14-5-3-4-6-16(14)26-17/h3-6,13,15H,7-12H2,1-2H3,(H,21,24)/t15-/m0/s1. The van der Waals surface area contributed by atoms with E-state index in [2.05, 4.69) is 10.3 Å². The highest BCUT2D eigenvalue weighted by Crippen LogP contribution is 2.29. The van der Waals surface area contributed by atoms with E-state index in [1.165, 1.54) is 7.11 Å². The second kappa shape index (κ2) is 9.12. The van der Waals surface area contributed by atoms with Gasteiger partial charge in [-0.15, -0.1) is 0 Å². The van der Waals surface area contributed by atoms with Gasteiger partial charge in [0.1, 0.15) is 11.6 Å². The fourth-order valence-corrected chi connectivity index (χ4v) is 3.73. The number of carbonyl (C=O) groups is 2. The van der Waals surface area contributed by atoms with Crippen LogP contribution in [0.3, 0.4) is 0 Å². The number of likely N-dealkylation sites (tertiary alicyclic amines) is 1. The van der Waals surface area contributed by atoms with E-state index < -0.39 is 12.0 Å². The normalized spacial score (nSPS) is 16.3. The van der Waals surface area contributed by atoms with E-state index in [9.17, 15) is 9.59 Å². The Bertz CT molecular complexity index is 753. The summed E-state index contributed by atoms with van der Waals surface area (Å²) < 4.78 is 10.7. The number of hydrogen-bond donors (Lipinski definition) is 1. The maximum atomic E-state index is 12.5. The predicted octanol–water partition coefficient (Wildman–Crippen LogP) is 3.01. The lowest BCUT2D eigenvalue weighted by Crippen LogP contribution is -2.50. The molecule has 146 valence electrons. The van der Waals surface area contributed by atoms with Gasteiger partial charge in [-0.2, -0.15) is 11.8 Å². The van der Waals surface area contributed by atoms with E-state index in [-0.39, 0.29) is 11.9 Å². The van der Waals surface area contributed by atoms with Crippen molar-refractivity contribution in [2.24, 2.45) is 0 Å². The molecule has 2 amide bonds. The number of amides is 2. The van der Waals surface area contributed by atoms with Crippen molar-refractivity contribution in [1.29, 1.82) is 0 Å². The van der Waals surface area contributed by atoms with E-state index in [4.69, 9.17) is 9.15 Å². The molecular formula is C19H25N3O4S. The van der Waals surface area contributed by atoms with Crippen LogP contribution in [-0.4, -0.2) is 60.1 Å². The van der Waals surface area contributed by atoms with E-state index in [0.29, 0.717) is 19.5 Å². The Morgan fingerprint density at radius 2 is 2.11 bits per heavy atom. The number of para-hydroxylation sites is 2. The number of nitrogens with zero attached hydrogens (tertiary/aromatic N) is 2. The molecule has 0 bridgehead atoms. The fraction of sp³-hybridized carbons (Fsp3) is 0.526. The number of benzene rings is 1. The first-order chi connectivity index (χ1) is 13.1. The number of aromatic nitrogens is 1. The minimum atomic E-state index is -0.607. The molecule has 7 nitrogen and oxygen atoms in total. The molecule has 1 aliphatic rings. The lowest BCUT2D eigenvalue weighted by molar-refractivity contribution is -0.142. The van der Waals surface area contributed by atoms with Crippen molar-refractivity contribution < 1.29 is 18.7 Å². The van der Waals surface area contributed by atoms with Gasteiger partial charge in [-0.1, -0.05) is 12.1 Å². The number of rotatable bonds is 6. The molecule has 0 spiro atoms. The van der Waals surface area contributed by atoms with Crippen LogP contribution in [0.25, 0.3) is 11.1 Å². The Hall–Kier alpha value is -2.22. The van der Waals surface area contributed by atoms with Crippen molar-refractivity contribution in [3.8, 4) is 0 Å². The number of hydrogen-bond acceptors (Lipinski definition) is 6. The number of piperidine rings is 1. The van der Waals surface area contributed by atoms with Gasteiger partial charge in [0.2, 0.25) is 0 Å². The Labute approximate surface area is 162 Å². The van der Waals surface area contributed by atoms with E-state index in [0.717, 1.165) is 35.6 Å². The maximum Gasteiger partial charge on any atom is 0.328 e.